The highest BCUT2D eigenvalue weighted by atomic mass is 127. The average Bonchev–Trinajstić information content (AvgIpc) is 2.67. The van der Waals surface area contributed by atoms with E-state index < -0.39 is 0 Å². The van der Waals surface area contributed by atoms with Crippen molar-refractivity contribution in [1.82, 2.24) is 10.6 Å². The second kappa shape index (κ2) is 12.6. The molecule has 2 aromatic carbocycles. The van der Waals surface area contributed by atoms with Crippen molar-refractivity contribution >= 4 is 41.5 Å². The van der Waals surface area contributed by atoms with E-state index in [-0.39, 0.29) is 35.8 Å². The summed E-state index contributed by atoms with van der Waals surface area (Å²) in [6.45, 7) is 5.58. The van der Waals surface area contributed by atoms with Crippen LogP contribution in [0.4, 0.5) is 0 Å². The Kier molecular flexibility index (Phi) is 10.8. The van der Waals surface area contributed by atoms with E-state index in [2.05, 4.69) is 15.6 Å². The number of nitrogens with one attached hydrogen (secondary N) is 2. The summed E-state index contributed by atoms with van der Waals surface area (Å²) in [5.74, 6) is 1.95. The quantitative estimate of drug-likeness (QED) is 0.277. The van der Waals surface area contributed by atoms with Crippen LogP contribution >= 0.6 is 35.6 Å². The molecule has 2 aromatic rings. The monoisotopic (exact) mass is 519 g/mol. The molecule has 0 aliphatic rings. The van der Waals surface area contributed by atoms with Gasteiger partial charge in [0, 0.05) is 17.1 Å². The van der Waals surface area contributed by atoms with Gasteiger partial charge in [0.1, 0.15) is 11.9 Å². The highest BCUT2D eigenvalue weighted by molar-refractivity contribution is 14.0. The summed E-state index contributed by atoms with van der Waals surface area (Å²) in [6, 6.07) is 12.6. The fourth-order valence-corrected chi connectivity index (χ4v) is 2.52. The van der Waals surface area contributed by atoms with Gasteiger partial charge in [-0.05, 0) is 44.2 Å². The van der Waals surface area contributed by atoms with E-state index in [4.69, 9.17) is 21.1 Å². The first-order valence-electron chi connectivity index (χ1n) is 8.82. The van der Waals surface area contributed by atoms with Crippen molar-refractivity contribution in [3.63, 3.8) is 0 Å². The number of halogens is 2. The zero-order chi connectivity index (χ0) is 19.6. The lowest BCUT2D eigenvalue weighted by Gasteiger charge is -2.18. The molecule has 0 amide bonds. The molecule has 0 aliphatic carbocycles. The number of aliphatic imine (C=N–C) groups is 1. The standard InChI is InChI=1S/C20H26ClN3O3.HI/c1-4-22-20(24-13-15-6-5-7-18(26-3)19(15)25)23-12-14(2)27-17-10-8-16(21)9-11-17;/h5-11,14,25H,4,12-13H2,1-3H3,(H2,22,23,24);1H. The van der Waals surface area contributed by atoms with Gasteiger partial charge in [0.25, 0.3) is 0 Å². The molecule has 2 rings (SSSR count). The number of aromatic hydroxyl groups is 1. The van der Waals surface area contributed by atoms with Gasteiger partial charge in [-0.15, -0.1) is 24.0 Å². The first-order chi connectivity index (χ1) is 13.0. The molecule has 0 saturated carbocycles. The average molecular weight is 520 g/mol. The molecule has 3 N–H and O–H groups in total. The number of ether oxygens (including phenoxy) is 2. The van der Waals surface area contributed by atoms with Crippen molar-refractivity contribution in [2.24, 2.45) is 4.99 Å². The second-order valence-corrected chi connectivity index (χ2v) is 6.36. The lowest BCUT2D eigenvalue weighted by atomic mass is 10.2. The van der Waals surface area contributed by atoms with Crippen LogP contribution in [0.3, 0.4) is 0 Å². The van der Waals surface area contributed by atoms with Crippen molar-refractivity contribution in [1.29, 1.82) is 0 Å². The number of benzene rings is 2. The van der Waals surface area contributed by atoms with E-state index in [1.165, 1.54) is 7.11 Å². The Morgan fingerprint density at radius 1 is 1.18 bits per heavy atom. The molecule has 0 aromatic heterocycles. The smallest absolute Gasteiger partial charge is 0.191 e. The van der Waals surface area contributed by atoms with Crippen molar-refractivity contribution in [2.75, 3.05) is 20.2 Å². The van der Waals surface area contributed by atoms with Crippen molar-refractivity contribution in [3.05, 3.63) is 53.1 Å². The summed E-state index contributed by atoms with van der Waals surface area (Å²) in [7, 11) is 1.52. The van der Waals surface area contributed by atoms with E-state index in [9.17, 15) is 5.11 Å². The lowest BCUT2D eigenvalue weighted by molar-refractivity contribution is 0.224. The highest BCUT2D eigenvalue weighted by Gasteiger charge is 2.09. The summed E-state index contributed by atoms with van der Waals surface area (Å²) in [5, 5.41) is 17.3. The number of rotatable bonds is 8. The molecule has 0 spiro atoms. The Hall–Kier alpha value is -1.87. The van der Waals surface area contributed by atoms with Crippen LogP contribution < -0.4 is 20.1 Å². The van der Waals surface area contributed by atoms with E-state index in [1.807, 2.05) is 38.1 Å². The molecule has 1 atom stereocenters. The van der Waals surface area contributed by atoms with Crippen molar-refractivity contribution < 1.29 is 14.6 Å². The fraction of sp³-hybridized carbons (Fsp3) is 0.350. The van der Waals surface area contributed by atoms with Crippen LogP contribution in [0.15, 0.2) is 47.5 Å². The van der Waals surface area contributed by atoms with Gasteiger partial charge >= 0.3 is 0 Å². The molecule has 154 valence electrons. The lowest BCUT2D eigenvalue weighted by Crippen LogP contribution is -2.41. The maximum atomic E-state index is 10.2. The Bertz CT molecular complexity index is 757. The van der Waals surface area contributed by atoms with E-state index in [0.717, 1.165) is 12.3 Å². The molecule has 0 saturated heterocycles. The maximum Gasteiger partial charge on any atom is 0.191 e. The van der Waals surface area contributed by atoms with Crippen LogP contribution in [0, 0.1) is 0 Å². The molecule has 1 unspecified atom stereocenters. The van der Waals surface area contributed by atoms with Gasteiger partial charge in [0.2, 0.25) is 0 Å². The Morgan fingerprint density at radius 2 is 1.89 bits per heavy atom. The van der Waals surface area contributed by atoms with Gasteiger partial charge in [-0.25, -0.2) is 4.99 Å². The summed E-state index contributed by atoms with van der Waals surface area (Å²) >= 11 is 5.88. The number of hydrogen-bond acceptors (Lipinski definition) is 4. The van der Waals surface area contributed by atoms with Crippen LogP contribution in [0.25, 0.3) is 0 Å². The highest BCUT2D eigenvalue weighted by Crippen LogP contribution is 2.29. The van der Waals surface area contributed by atoms with Gasteiger partial charge in [0.05, 0.1) is 20.2 Å². The fourth-order valence-electron chi connectivity index (χ4n) is 2.39. The minimum Gasteiger partial charge on any atom is -0.504 e. The summed E-state index contributed by atoms with van der Waals surface area (Å²) in [5.41, 5.74) is 0.692. The van der Waals surface area contributed by atoms with Crippen LogP contribution in [-0.2, 0) is 6.54 Å². The third kappa shape index (κ3) is 7.63. The van der Waals surface area contributed by atoms with Gasteiger partial charge < -0.3 is 25.2 Å². The topological polar surface area (TPSA) is 75.1 Å². The second-order valence-electron chi connectivity index (χ2n) is 5.93. The summed E-state index contributed by atoms with van der Waals surface area (Å²) in [6.07, 6.45) is -0.0692. The van der Waals surface area contributed by atoms with Crippen LogP contribution in [0.5, 0.6) is 17.2 Å². The predicted octanol–water partition coefficient (Wildman–Crippen LogP) is 4.19. The number of para-hydroxylation sites is 1. The molecular weight excluding hydrogens is 493 g/mol. The molecular formula is C20H27ClIN3O3. The normalized spacial score (nSPS) is 11.9. The number of hydrogen-bond donors (Lipinski definition) is 3. The van der Waals surface area contributed by atoms with E-state index >= 15 is 0 Å². The molecule has 8 heteroatoms. The summed E-state index contributed by atoms with van der Waals surface area (Å²) in [4.78, 5) is 4.52. The van der Waals surface area contributed by atoms with Gasteiger partial charge in [-0.1, -0.05) is 23.7 Å². The zero-order valence-electron chi connectivity index (χ0n) is 16.2. The first kappa shape index (κ1) is 24.2. The number of methoxy groups -OCH3 is 1. The Morgan fingerprint density at radius 3 is 2.54 bits per heavy atom. The van der Waals surface area contributed by atoms with Crippen LogP contribution in [0.2, 0.25) is 5.02 Å². The van der Waals surface area contributed by atoms with E-state index in [1.54, 1.807) is 18.2 Å². The van der Waals surface area contributed by atoms with Crippen LogP contribution in [-0.4, -0.2) is 37.4 Å². The van der Waals surface area contributed by atoms with Gasteiger partial charge in [0.15, 0.2) is 17.5 Å². The van der Waals surface area contributed by atoms with E-state index in [0.29, 0.717) is 35.4 Å². The molecule has 0 bridgehead atoms. The minimum absolute atomic E-state index is 0. The predicted molar refractivity (Wildman–Crippen MR) is 124 cm³/mol. The Labute approximate surface area is 188 Å². The number of guanidine groups is 1. The van der Waals surface area contributed by atoms with Crippen molar-refractivity contribution in [2.45, 2.75) is 26.5 Å². The molecule has 28 heavy (non-hydrogen) atoms. The minimum atomic E-state index is -0.0692. The number of phenols is 1. The molecule has 0 heterocycles. The first-order valence-corrected chi connectivity index (χ1v) is 9.20. The van der Waals surface area contributed by atoms with Crippen molar-refractivity contribution in [3.8, 4) is 17.2 Å². The third-order valence-electron chi connectivity index (χ3n) is 3.76. The Balaban J connectivity index is 0.00000392. The van der Waals surface area contributed by atoms with Gasteiger partial charge in [-0.3, -0.25) is 0 Å². The number of phenolic OH excluding ortho intramolecular Hbond substituents is 1. The molecule has 6 nitrogen and oxygen atoms in total. The van der Waals surface area contributed by atoms with Crippen LogP contribution in [0.1, 0.15) is 19.4 Å². The van der Waals surface area contributed by atoms with Gasteiger partial charge in [-0.2, -0.15) is 0 Å². The number of nitrogens with zero attached hydrogens (tertiary/aromatic N) is 1. The summed E-state index contributed by atoms with van der Waals surface area (Å²) < 4.78 is 11.0. The molecule has 0 fully saturated rings. The largest absolute Gasteiger partial charge is 0.504 e. The third-order valence-corrected chi connectivity index (χ3v) is 4.01. The SMILES string of the molecule is CCNC(=NCc1cccc(OC)c1O)NCC(C)Oc1ccc(Cl)cc1.I. The molecule has 0 radical (unpaired) electrons. The molecule has 0 aliphatic heterocycles. The zero-order valence-corrected chi connectivity index (χ0v) is 19.3. The maximum absolute atomic E-state index is 10.2.